The van der Waals surface area contributed by atoms with Gasteiger partial charge in [-0.1, -0.05) is 24.3 Å². The number of carbonyl (C=O) groups excluding carboxylic acids is 1. The molecular weight excluding hydrogens is 322 g/mol. The second-order valence-corrected chi connectivity index (χ2v) is 5.32. The lowest BCUT2D eigenvalue weighted by Gasteiger charge is -2.11. The summed E-state index contributed by atoms with van der Waals surface area (Å²) in [6.07, 6.45) is -1.11. The summed E-state index contributed by atoms with van der Waals surface area (Å²) in [4.78, 5) is 23.6. The van der Waals surface area contributed by atoms with E-state index in [0.717, 1.165) is 0 Å². The lowest BCUT2D eigenvalue weighted by molar-refractivity contribution is -0.386. The highest BCUT2D eigenvalue weighted by Crippen LogP contribution is 2.40. The van der Waals surface area contributed by atoms with Crippen LogP contribution in [0.25, 0.3) is 5.57 Å². The number of ketones is 1. The van der Waals surface area contributed by atoms with Crippen LogP contribution in [-0.2, 0) is 9.53 Å². The Hall–Kier alpha value is -3.66. The van der Waals surface area contributed by atoms with Gasteiger partial charge in [-0.2, -0.15) is 5.26 Å². The van der Waals surface area contributed by atoms with Gasteiger partial charge in [-0.25, -0.2) is 0 Å². The molecule has 0 spiro atoms. The Labute approximate surface area is 143 Å². The van der Waals surface area contributed by atoms with Crippen molar-refractivity contribution in [3.05, 3.63) is 81.2 Å². The monoisotopic (exact) mass is 335 g/mol. The predicted octanol–water partition coefficient (Wildman–Crippen LogP) is 2.70. The van der Waals surface area contributed by atoms with E-state index in [-0.39, 0.29) is 22.7 Å². The highest BCUT2D eigenvalue weighted by molar-refractivity contribution is 6.25. The van der Waals surface area contributed by atoms with Gasteiger partial charge in [0, 0.05) is 13.1 Å². The molecule has 0 aliphatic carbocycles. The number of ether oxygens (including phenoxy) is 1. The van der Waals surface area contributed by atoms with E-state index in [4.69, 9.17) is 10.00 Å². The number of rotatable bonds is 4. The zero-order valence-corrected chi connectivity index (χ0v) is 13.2. The number of nitriles is 1. The molecule has 1 atom stereocenters. The highest BCUT2D eigenvalue weighted by atomic mass is 16.6. The molecule has 0 aromatic heterocycles. The first-order valence-corrected chi connectivity index (χ1v) is 7.43. The molecule has 1 heterocycles. The predicted molar refractivity (Wildman–Crippen MR) is 89.1 cm³/mol. The maximum absolute atomic E-state index is 12.9. The Morgan fingerprint density at radius 3 is 2.68 bits per heavy atom. The number of nitrogens with zero attached hydrogens (tertiary/aromatic N) is 2. The Bertz CT molecular complexity index is 943. The van der Waals surface area contributed by atoms with Crippen LogP contribution in [0.5, 0.6) is 0 Å². The van der Waals surface area contributed by atoms with Crippen molar-refractivity contribution < 1.29 is 14.5 Å². The molecule has 0 radical (unpaired) electrons. The summed E-state index contributed by atoms with van der Waals surface area (Å²) in [6, 6.07) is 14.6. The number of Topliss-reactive ketones (excluding diaryl/α,β-unsaturated/α-hetero) is 1. The molecule has 25 heavy (non-hydrogen) atoms. The first-order chi connectivity index (χ1) is 12.1. The van der Waals surface area contributed by atoms with Gasteiger partial charge in [0.1, 0.15) is 0 Å². The Balaban J connectivity index is 2.07. The first kappa shape index (κ1) is 16.2. The number of nitro groups is 1. The summed E-state index contributed by atoms with van der Waals surface area (Å²) >= 11 is 0. The van der Waals surface area contributed by atoms with E-state index in [1.165, 1.54) is 18.2 Å². The second kappa shape index (κ2) is 6.45. The smallest absolute Gasteiger partial charge is 0.276 e. The molecule has 0 amide bonds. The summed E-state index contributed by atoms with van der Waals surface area (Å²) in [5.41, 5.74) is 1.21. The van der Waals surface area contributed by atoms with Crippen LogP contribution in [0.2, 0.25) is 0 Å². The number of nitro benzene ring substituents is 1. The van der Waals surface area contributed by atoms with Gasteiger partial charge in [0.2, 0.25) is 5.78 Å². The van der Waals surface area contributed by atoms with Gasteiger partial charge >= 0.3 is 0 Å². The number of hydrogen-bond acceptors (Lipinski definition) is 6. The van der Waals surface area contributed by atoms with Gasteiger partial charge in [0.25, 0.3) is 5.69 Å². The van der Waals surface area contributed by atoms with Gasteiger partial charge in [-0.15, -0.1) is 0 Å². The van der Waals surface area contributed by atoms with Gasteiger partial charge in [-0.3, -0.25) is 14.9 Å². The average molecular weight is 335 g/mol. The molecule has 0 bridgehead atoms. The van der Waals surface area contributed by atoms with Crippen molar-refractivity contribution in [3.8, 4) is 6.07 Å². The summed E-state index contributed by atoms with van der Waals surface area (Å²) in [5.74, 6) is -0.169. The largest absolute Gasteiger partial charge is 0.462 e. The van der Waals surface area contributed by atoms with Crippen LogP contribution in [0.1, 0.15) is 22.8 Å². The van der Waals surface area contributed by atoms with Crippen LogP contribution in [0.3, 0.4) is 0 Å². The number of hydrogen-bond donors (Lipinski definition) is 1. The first-order valence-electron chi connectivity index (χ1n) is 7.43. The van der Waals surface area contributed by atoms with Crippen molar-refractivity contribution in [1.82, 2.24) is 5.32 Å². The molecule has 0 saturated carbocycles. The third kappa shape index (κ3) is 2.81. The van der Waals surface area contributed by atoms with Crippen molar-refractivity contribution in [2.24, 2.45) is 0 Å². The van der Waals surface area contributed by atoms with E-state index in [9.17, 15) is 14.9 Å². The molecule has 1 aliphatic rings. The summed E-state index contributed by atoms with van der Waals surface area (Å²) in [5, 5.41) is 23.1. The van der Waals surface area contributed by atoms with Crippen molar-refractivity contribution in [3.63, 3.8) is 0 Å². The summed E-state index contributed by atoms with van der Waals surface area (Å²) < 4.78 is 5.67. The van der Waals surface area contributed by atoms with Gasteiger partial charge in [-0.05, 0) is 23.8 Å². The summed E-state index contributed by atoms with van der Waals surface area (Å²) in [7, 11) is 1.60. The number of carbonyl (C=O) groups is 1. The SMILES string of the molecule is CNC1=C(c2cccc(C#N)c2)C(=O)C(c2ccccc2[N+](=O)[O-])O1. The second-order valence-electron chi connectivity index (χ2n) is 5.32. The fourth-order valence-electron chi connectivity index (χ4n) is 2.76. The average Bonchev–Trinajstić information content (AvgIpc) is 2.98. The molecular formula is C18H13N3O4. The van der Waals surface area contributed by atoms with Gasteiger partial charge < -0.3 is 10.1 Å². The van der Waals surface area contributed by atoms with Crippen molar-refractivity contribution >= 4 is 17.0 Å². The lowest BCUT2D eigenvalue weighted by atomic mass is 9.95. The highest BCUT2D eigenvalue weighted by Gasteiger charge is 2.40. The maximum Gasteiger partial charge on any atom is 0.276 e. The molecule has 7 nitrogen and oxygen atoms in total. The van der Waals surface area contributed by atoms with Crippen LogP contribution in [0.4, 0.5) is 5.69 Å². The van der Waals surface area contributed by atoms with E-state index < -0.39 is 16.8 Å². The molecule has 1 N–H and O–H groups in total. The zero-order chi connectivity index (χ0) is 18.0. The minimum Gasteiger partial charge on any atom is -0.462 e. The minimum atomic E-state index is -1.11. The number of nitrogens with one attached hydrogen (secondary N) is 1. The zero-order valence-electron chi connectivity index (χ0n) is 13.2. The number of benzene rings is 2. The van der Waals surface area contributed by atoms with Crippen LogP contribution in [-0.4, -0.2) is 17.8 Å². The molecule has 0 saturated heterocycles. The topological polar surface area (TPSA) is 105 Å². The summed E-state index contributed by atoms with van der Waals surface area (Å²) in [6.45, 7) is 0. The third-order valence-electron chi connectivity index (χ3n) is 3.87. The minimum absolute atomic E-state index is 0.177. The Morgan fingerprint density at radius 1 is 1.24 bits per heavy atom. The molecule has 7 heteroatoms. The fraction of sp³-hybridized carbons (Fsp3) is 0.111. The molecule has 2 aromatic carbocycles. The van der Waals surface area contributed by atoms with Crippen LogP contribution >= 0.6 is 0 Å². The third-order valence-corrected chi connectivity index (χ3v) is 3.87. The molecule has 1 unspecified atom stereocenters. The quantitative estimate of drug-likeness (QED) is 0.680. The molecule has 1 aliphatic heterocycles. The Morgan fingerprint density at radius 2 is 2.00 bits per heavy atom. The standard InChI is InChI=1S/C18H13N3O4/c1-20-18-15(12-6-4-5-11(9-12)10-19)16(22)17(25-18)13-7-2-3-8-14(13)21(23)24/h2-9,17,20H,1H3. The van der Waals surface area contributed by atoms with E-state index in [0.29, 0.717) is 11.1 Å². The molecule has 0 fully saturated rings. The van der Waals surface area contributed by atoms with Crippen LogP contribution in [0.15, 0.2) is 54.4 Å². The van der Waals surface area contributed by atoms with Gasteiger partial charge in [0.15, 0.2) is 12.0 Å². The van der Waals surface area contributed by atoms with Gasteiger partial charge in [0.05, 0.1) is 27.7 Å². The van der Waals surface area contributed by atoms with E-state index in [1.54, 1.807) is 37.4 Å². The maximum atomic E-state index is 12.9. The fourth-order valence-corrected chi connectivity index (χ4v) is 2.76. The molecule has 3 rings (SSSR count). The van der Waals surface area contributed by atoms with Crippen molar-refractivity contribution in [1.29, 1.82) is 5.26 Å². The number of para-hydroxylation sites is 1. The van der Waals surface area contributed by atoms with Crippen LogP contribution < -0.4 is 5.32 Å². The molecule has 2 aromatic rings. The molecule has 124 valence electrons. The lowest BCUT2D eigenvalue weighted by Crippen LogP contribution is -2.12. The Kier molecular flexibility index (Phi) is 4.18. The van der Waals surface area contributed by atoms with Crippen molar-refractivity contribution in [2.45, 2.75) is 6.10 Å². The van der Waals surface area contributed by atoms with E-state index in [1.807, 2.05) is 6.07 Å². The normalized spacial score (nSPS) is 16.3. The van der Waals surface area contributed by atoms with E-state index >= 15 is 0 Å². The van der Waals surface area contributed by atoms with Crippen molar-refractivity contribution in [2.75, 3.05) is 7.05 Å². The van der Waals surface area contributed by atoms with Crippen LogP contribution in [0, 0.1) is 21.4 Å². The van der Waals surface area contributed by atoms with E-state index in [2.05, 4.69) is 5.32 Å².